The van der Waals surface area contributed by atoms with Crippen LogP contribution in [0, 0.1) is 10.2 Å². The second-order valence-electron chi connectivity index (χ2n) is 6.42. The fraction of sp³-hybridized carbons (Fsp3) is 0.562. The maximum atomic E-state index is 6.15. The summed E-state index contributed by atoms with van der Waals surface area (Å²) in [6.07, 6.45) is 4.98. The molecule has 2 aromatic rings. The van der Waals surface area contributed by atoms with Gasteiger partial charge in [-0.05, 0) is 36.2 Å². The smallest absolute Gasteiger partial charge is 0.178 e. The van der Waals surface area contributed by atoms with Crippen LogP contribution in [0.4, 0.5) is 0 Å². The Morgan fingerprint density at radius 1 is 1.19 bits per heavy atom. The van der Waals surface area contributed by atoms with E-state index in [1.807, 2.05) is 12.1 Å². The standard InChI is InChI=1S/C16H22Cl2N2S/c1-4-5-6-7-16(2,3)10-20-14-9-12(18)11(17)8-13(14)19-15(20)21/h8-9H,4-7,10H2,1-3H3,(H,19,21). The molecule has 0 unspecified atom stereocenters. The highest BCUT2D eigenvalue weighted by atomic mass is 35.5. The van der Waals surface area contributed by atoms with Crippen LogP contribution in [-0.2, 0) is 6.54 Å². The molecule has 0 atom stereocenters. The Labute approximate surface area is 141 Å². The van der Waals surface area contributed by atoms with Gasteiger partial charge in [0.15, 0.2) is 4.77 Å². The Balaban J connectivity index is 2.31. The molecule has 0 aliphatic rings. The first-order valence-corrected chi connectivity index (χ1v) is 8.58. The zero-order valence-corrected chi connectivity index (χ0v) is 15.1. The van der Waals surface area contributed by atoms with Crippen molar-refractivity contribution in [3.05, 3.63) is 26.9 Å². The number of aromatic nitrogens is 2. The molecule has 116 valence electrons. The molecule has 1 aromatic heterocycles. The van der Waals surface area contributed by atoms with Gasteiger partial charge in [0.25, 0.3) is 0 Å². The van der Waals surface area contributed by atoms with Gasteiger partial charge in [-0.1, -0.05) is 63.2 Å². The molecule has 0 saturated heterocycles. The van der Waals surface area contributed by atoms with Crippen molar-refractivity contribution in [3.8, 4) is 0 Å². The zero-order chi connectivity index (χ0) is 15.6. The quantitative estimate of drug-likeness (QED) is 0.461. The molecule has 21 heavy (non-hydrogen) atoms. The molecule has 2 rings (SSSR count). The van der Waals surface area contributed by atoms with E-state index in [9.17, 15) is 0 Å². The Kier molecular flexibility index (Phi) is 5.39. The summed E-state index contributed by atoms with van der Waals surface area (Å²) < 4.78 is 2.87. The first kappa shape index (κ1) is 16.9. The number of benzene rings is 1. The van der Waals surface area contributed by atoms with Gasteiger partial charge in [-0.15, -0.1) is 0 Å². The summed E-state index contributed by atoms with van der Waals surface area (Å²) in [5, 5.41) is 1.12. The lowest BCUT2D eigenvalue weighted by molar-refractivity contribution is 0.273. The van der Waals surface area contributed by atoms with Crippen LogP contribution in [0.2, 0.25) is 10.0 Å². The Morgan fingerprint density at radius 3 is 2.52 bits per heavy atom. The Hall–Kier alpha value is -0.510. The highest BCUT2D eigenvalue weighted by Crippen LogP contribution is 2.31. The lowest BCUT2D eigenvalue weighted by atomic mass is 9.87. The molecule has 0 radical (unpaired) electrons. The number of unbranched alkanes of at least 4 members (excludes halogenated alkanes) is 2. The van der Waals surface area contributed by atoms with Crippen LogP contribution in [0.5, 0.6) is 0 Å². The number of H-pyrrole nitrogens is 1. The van der Waals surface area contributed by atoms with Crippen molar-refractivity contribution in [2.24, 2.45) is 5.41 Å². The van der Waals surface area contributed by atoms with E-state index < -0.39 is 0 Å². The van der Waals surface area contributed by atoms with Crippen molar-refractivity contribution in [2.45, 2.75) is 53.0 Å². The molecular weight excluding hydrogens is 323 g/mol. The van der Waals surface area contributed by atoms with Gasteiger partial charge < -0.3 is 9.55 Å². The van der Waals surface area contributed by atoms with Crippen LogP contribution in [0.1, 0.15) is 46.5 Å². The van der Waals surface area contributed by atoms with Crippen LogP contribution in [0.15, 0.2) is 12.1 Å². The summed E-state index contributed by atoms with van der Waals surface area (Å²) >= 11 is 17.7. The van der Waals surface area contributed by atoms with E-state index in [0.717, 1.165) is 22.3 Å². The number of nitrogens with one attached hydrogen (secondary N) is 1. The fourth-order valence-electron chi connectivity index (χ4n) is 2.67. The highest BCUT2D eigenvalue weighted by Gasteiger charge is 2.20. The van der Waals surface area contributed by atoms with E-state index in [0.29, 0.717) is 10.0 Å². The van der Waals surface area contributed by atoms with Gasteiger partial charge in [0.05, 0.1) is 21.1 Å². The van der Waals surface area contributed by atoms with Crippen LogP contribution in [-0.4, -0.2) is 9.55 Å². The van der Waals surface area contributed by atoms with E-state index in [4.69, 9.17) is 35.4 Å². The number of hydrogen-bond donors (Lipinski definition) is 1. The van der Waals surface area contributed by atoms with Crippen molar-refractivity contribution < 1.29 is 0 Å². The van der Waals surface area contributed by atoms with Crippen LogP contribution in [0.3, 0.4) is 0 Å². The molecule has 1 aromatic carbocycles. The molecule has 0 saturated carbocycles. The number of nitrogens with zero attached hydrogens (tertiary/aromatic N) is 1. The third-order valence-electron chi connectivity index (χ3n) is 3.86. The predicted molar refractivity (Wildman–Crippen MR) is 95.1 cm³/mol. The summed E-state index contributed by atoms with van der Waals surface area (Å²) in [5.41, 5.74) is 2.17. The summed E-state index contributed by atoms with van der Waals surface area (Å²) in [5.74, 6) is 0. The topological polar surface area (TPSA) is 20.7 Å². The van der Waals surface area contributed by atoms with Gasteiger partial charge in [-0.3, -0.25) is 0 Å². The molecule has 0 aliphatic heterocycles. The molecule has 1 N–H and O–H groups in total. The third kappa shape index (κ3) is 4.02. The number of aromatic amines is 1. The summed E-state index contributed by atoms with van der Waals surface area (Å²) in [7, 11) is 0. The number of hydrogen-bond acceptors (Lipinski definition) is 1. The van der Waals surface area contributed by atoms with E-state index >= 15 is 0 Å². The Bertz CT molecular complexity index is 685. The summed E-state index contributed by atoms with van der Waals surface area (Å²) in [6.45, 7) is 7.70. The highest BCUT2D eigenvalue weighted by molar-refractivity contribution is 7.71. The maximum Gasteiger partial charge on any atom is 0.178 e. The van der Waals surface area contributed by atoms with Gasteiger partial charge >= 0.3 is 0 Å². The van der Waals surface area contributed by atoms with E-state index in [1.165, 1.54) is 25.7 Å². The van der Waals surface area contributed by atoms with E-state index in [1.54, 1.807) is 0 Å². The lowest BCUT2D eigenvalue weighted by Gasteiger charge is -2.25. The van der Waals surface area contributed by atoms with Crippen LogP contribution in [0.25, 0.3) is 11.0 Å². The SMILES string of the molecule is CCCCCC(C)(C)Cn1c(=S)[nH]c2cc(Cl)c(Cl)cc21. The van der Waals surface area contributed by atoms with Crippen molar-refractivity contribution in [3.63, 3.8) is 0 Å². The van der Waals surface area contributed by atoms with E-state index in [-0.39, 0.29) is 5.41 Å². The second-order valence-corrected chi connectivity index (χ2v) is 7.62. The van der Waals surface area contributed by atoms with Crippen LogP contribution >= 0.6 is 35.4 Å². The minimum Gasteiger partial charge on any atom is -0.331 e. The van der Waals surface area contributed by atoms with Gasteiger partial charge in [0, 0.05) is 6.54 Å². The van der Waals surface area contributed by atoms with Gasteiger partial charge in [0.1, 0.15) is 0 Å². The monoisotopic (exact) mass is 344 g/mol. The zero-order valence-electron chi connectivity index (χ0n) is 12.8. The summed E-state index contributed by atoms with van der Waals surface area (Å²) in [6, 6.07) is 3.74. The molecule has 2 nitrogen and oxygen atoms in total. The van der Waals surface area contributed by atoms with E-state index in [2.05, 4.69) is 30.3 Å². The molecular formula is C16H22Cl2N2S. The van der Waals surface area contributed by atoms with Crippen molar-refractivity contribution in [1.82, 2.24) is 9.55 Å². The molecule has 0 bridgehead atoms. The Morgan fingerprint density at radius 2 is 1.86 bits per heavy atom. The number of halogens is 2. The molecule has 0 spiro atoms. The molecule has 0 aliphatic carbocycles. The van der Waals surface area contributed by atoms with Crippen molar-refractivity contribution in [2.75, 3.05) is 0 Å². The average molecular weight is 345 g/mol. The van der Waals surface area contributed by atoms with Gasteiger partial charge in [-0.25, -0.2) is 0 Å². The minimum absolute atomic E-state index is 0.203. The predicted octanol–water partition coefficient (Wildman–Crippen LogP) is 6.61. The summed E-state index contributed by atoms with van der Waals surface area (Å²) in [4.78, 5) is 3.22. The average Bonchev–Trinajstić information content (AvgIpc) is 2.66. The molecule has 0 amide bonds. The van der Waals surface area contributed by atoms with Crippen LogP contribution < -0.4 is 0 Å². The van der Waals surface area contributed by atoms with Crippen molar-refractivity contribution >= 4 is 46.5 Å². The largest absolute Gasteiger partial charge is 0.331 e. The first-order valence-electron chi connectivity index (χ1n) is 7.41. The number of imidazole rings is 1. The normalized spacial score (nSPS) is 12.2. The minimum atomic E-state index is 0.203. The molecule has 5 heteroatoms. The van der Waals surface area contributed by atoms with Gasteiger partial charge in [-0.2, -0.15) is 0 Å². The van der Waals surface area contributed by atoms with Gasteiger partial charge in [0.2, 0.25) is 0 Å². The first-order chi connectivity index (χ1) is 9.84. The fourth-order valence-corrected chi connectivity index (χ4v) is 3.26. The number of rotatable bonds is 6. The van der Waals surface area contributed by atoms with Crippen molar-refractivity contribution in [1.29, 1.82) is 0 Å². The lowest BCUT2D eigenvalue weighted by Crippen LogP contribution is -2.19. The number of fused-ring (bicyclic) bond motifs is 1. The molecule has 1 heterocycles. The molecule has 0 fully saturated rings. The second kappa shape index (κ2) is 6.72. The maximum absolute atomic E-state index is 6.15. The third-order valence-corrected chi connectivity index (χ3v) is 4.90.